The van der Waals surface area contributed by atoms with Gasteiger partial charge in [-0.1, -0.05) is 12.1 Å². The van der Waals surface area contributed by atoms with Crippen molar-refractivity contribution in [3.8, 4) is 0 Å². The van der Waals surface area contributed by atoms with Gasteiger partial charge in [0.05, 0.1) is 18.6 Å². The molecule has 0 spiro atoms. The highest BCUT2D eigenvalue weighted by atomic mass is 19.1. The molecule has 0 aliphatic heterocycles. The van der Waals surface area contributed by atoms with Crippen molar-refractivity contribution < 1.29 is 18.3 Å². The zero-order valence-corrected chi connectivity index (χ0v) is 11.7. The monoisotopic (exact) mass is 283 g/mol. The van der Waals surface area contributed by atoms with Crippen LogP contribution in [-0.4, -0.2) is 19.1 Å². The molecule has 5 heteroatoms. The second kappa shape index (κ2) is 7.14. The Balaban J connectivity index is 2.55. The fraction of sp³-hybridized carbons (Fsp3) is 0.400. The maximum atomic E-state index is 13.4. The number of carbonyl (C=O) groups excluding carboxylic acids is 1. The normalized spacial score (nSPS) is 11.2. The maximum Gasteiger partial charge on any atom is 0.228 e. The van der Waals surface area contributed by atoms with Crippen LogP contribution in [0.3, 0.4) is 0 Å². The van der Waals surface area contributed by atoms with Gasteiger partial charge in [0.15, 0.2) is 0 Å². The molecule has 0 radical (unpaired) electrons. The van der Waals surface area contributed by atoms with Gasteiger partial charge < -0.3 is 10.1 Å². The smallest absolute Gasteiger partial charge is 0.228 e. The highest BCUT2D eigenvalue weighted by molar-refractivity contribution is 5.81. The van der Waals surface area contributed by atoms with Gasteiger partial charge in [-0.05, 0) is 19.9 Å². The fourth-order valence-electron chi connectivity index (χ4n) is 1.54. The van der Waals surface area contributed by atoms with Gasteiger partial charge in [-0.3, -0.25) is 4.79 Å². The maximum absolute atomic E-state index is 13.4. The average molecular weight is 283 g/mol. The number of benzene rings is 1. The molecule has 0 aliphatic rings. The Morgan fingerprint density at radius 3 is 2.75 bits per heavy atom. The molecule has 1 aromatic rings. The predicted octanol–water partition coefficient (Wildman–Crippen LogP) is 2.81. The molecule has 20 heavy (non-hydrogen) atoms. The van der Waals surface area contributed by atoms with E-state index in [2.05, 4.69) is 11.9 Å². The lowest BCUT2D eigenvalue weighted by molar-refractivity contribution is -0.132. The second-order valence-electron chi connectivity index (χ2n) is 5.11. The van der Waals surface area contributed by atoms with Gasteiger partial charge in [0.1, 0.15) is 11.6 Å². The van der Waals surface area contributed by atoms with Crippen molar-refractivity contribution in [2.75, 3.05) is 13.2 Å². The minimum absolute atomic E-state index is 0.00976. The first-order valence-electron chi connectivity index (χ1n) is 6.27. The molecule has 1 amide bonds. The van der Waals surface area contributed by atoms with Crippen LogP contribution in [0, 0.1) is 17.0 Å². The summed E-state index contributed by atoms with van der Waals surface area (Å²) in [5, 5.41) is 2.62. The third kappa shape index (κ3) is 4.74. The van der Waals surface area contributed by atoms with E-state index < -0.39 is 17.0 Å². The third-order valence-electron chi connectivity index (χ3n) is 2.77. The quantitative estimate of drug-likeness (QED) is 0.617. The Hall–Kier alpha value is -1.75. The number of nitrogens with one attached hydrogen (secondary N) is 1. The lowest BCUT2D eigenvalue weighted by Crippen LogP contribution is -2.39. The van der Waals surface area contributed by atoms with E-state index >= 15 is 0 Å². The van der Waals surface area contributed by atoms with E-state index in [9.17, 15) is 13.6 Å². The Kier molecular flexibility index (Phi) is 5.82. The zero-order chi connectivity index (χ0) is 15.2. The fourth-order valence-corrected chi connectivity index (χ4v) is 1.54. The third-order valence-corrected chi connectivity index (χ3v) is 2.77. The molecule has 0 atom stereocenters. The molecule has 0 saturated heterocycles. The van der Waals surface area contributed by atoms with Crippen molar-refractivity contribution in [1.29, 1.82) is 0 Å². The van der Waals surface area contributed by atoms with E-state index in [1.165, 1.54) is 6.07 Å². The van der Waals surface area contributed by atoms with E-state index in [0.717, 1.165) is 12.1 Å². The van der Waals surface area contributed by atoms with E-state index in [1.54, 1.807) is 19.9 Å². The summed E-state index contributed by atoms with van der Waals surface area (Å²) >= 11 is 0. The van der Waals surface area contributed by atoms with Crippen LogP contribution in [0.25, 0.3) is 0 Å². The number of carbonyl (C=O) groups is 1. The summed E-state index contributed by atoms with van der Waals surface area (Å²) < 4.78 is 31.4. The molecule has 0 unspecified atom stereocenters. The topological polar surface area (TPSA) is 38.3 Å². The summed E-state index contributed by atoms with van der Waals surface area (Å²) in [7, 11) is 0. The van der Waals surface area contributed by atoms with Crippen LogP contribution in [0.1, 0.15) is 19.4 Å². The van der Waals surface area contributed by atoms with Crippen LogP contribution in [0.2, 0.25) is 0 Å². The summed E-state index contributed by atoms with van der Waals surface area (Å²) in [6, 6.07) is 3.26. The van der Waals surface area contributed by atoms with Crippen LogP contribution in [0.4, 0.5) is 8.78 Å². The van der Waals surface area contributed by atoms with Crippen LogP contribution >= 0.6 is 0 Å². The molecule has 1 rings (SSSR count). The SMILES string of the molecule is C=CCOCC(C)(C)C(=O)NCc1ccc(F)cc1F. The van der Waals surface area contributed by atoms with Gasteiger partial charge in [0.25, 0.3) is 0 Å². The second-order valence-corrected chi connectivity index (χ2v) is 5.11. The average Bonchev–Trinajstić information content (AvgIpc) is 2.37. The van der Waals surface area contributed by atoms with E-state index in [0.29, 0.717) is 6.61 Å². The molecule has 0 bridgehead atoms. The predicted molar refractivity (Wildman–Crippen MR) is 73.0 cm³/mol. The molecule has 3 nitrogen and oxygen atoms in total. The summed E-state index contributed by atoms with van der Waals surface area (Å²) in [6.45, 7) is 7.58. The van der Waals surface area contributed by atoms with Crippen molar-refractivity contribution in [1.82, 2.24) is 5.32 Å². The van der Waals surface area contributed by atoms with Crippen LogP contribution in [-0.2, 0) is 16.1 Å². The number of rotatable bonds is 7. The molecule has 0 saturated carbocycles. The lowest BCUT2D eigenvalue weighted by atomic mass is 9.93. The number of ether oxygens (including phenoxy) is 1. The minimum Gasteiger partial charge on any atom is -0.376 e. The van der Waals surface area contributed by atoms with Crippen molar-refractivity contribution >= 4 is 5.91 Å². The van der Waals surface area contributed by atoms with Gasteiger partial charge in [0.2, 0.25) is 5.91 Å². The molecule has 0 fully saturated rings. The van der Waals surface area contributed by atoms with Gasteiger partial charge in [0, 0.05) is 18.2 Å². The van der Waals surface area contributed by atoms with Gasteiger partial charge in [-0.25, -0.2) is 8.78 Å². The van der Waals surface area contributed by atoms with Crippen molar-refractivity contribution in [2.24, 2.45) is 5.41 Å². The summed E-state index contributed by atoms with van der Waals surface area (Å²) in [5.74, 6) is -1.58. The largest absolute Gasteiger partial charge is 0.376 e. The molecule has 0 aliphatic carbocycles. The van der Waals surface area contributed by atoms with E-state index in [4.69, 9.17) is 4.74 Å². The standard InChI is InChI=1S/C15H19F2NO2/c1-4-7-20-10-15(2,3)14(19)18-9-11-5-6-12(16)8-13(11)17/h4-6,8H,1,7,9-10H2,2-3H3,(H,18,19). The molecule has 0 aromatic heterocycles. The molecular formula is C15H19F2NO2. The first-order chi connectivity index (χ1) is 9.36. The molecule has 110 valence electrons. The Morgan fingerprint density at radius 2 is 2.15 bits per heavy atom. The zero-order valence-electron chi connectivity index (χ0n) is 11.7. The highest BCUT2D eigenvalue weighted by Gasteiger charge is 2.27. The van der Waals surface area contributed by atoms with Crippen molar-refractivity contribution in [2.45, 2.75) is 20.4 Å². The van der Waals surface area contributed by atoms with Crippen LogP contribution in [0.15, 0.2) is 30.9 Å². The Labute approximate surface area is 117 Å². The van der Waals surface area contributed by atoms with E-state index in [-0.39, 0.29) is 24.6 Å². The number of amides is 1. The first kappa shape index (κ1) is 16.3. The van der Waals surface area contributed by atoms with Crippen LogP contribution < -0.4 is 5.32 Å². The van der Waals surface area contributed by atoms with Crippen LogP contribution in [0.5, 0.6) is 0 Å². The van der Waals surface area contributed by atoms with Gasteiger partial charge in [-0.15, -0.1) is 6.58 Å². The first-order valence-corrected chi connectivity index (χ1v) is 6.27. The number of hydrogen-bond acceptors (Lipinski definition) is 2. The van der Waals surface area contributed by atoms with Crippen molar-refractivity contribution in [3.05, 3.63) is 48.1 Å². The van der Waals surface area contributed by atoms with Gasteiger partial charge in [-0.2, -0.15) is 0 Å². The molecule has 1 aromatic carbocycles. The number of hydrogen-bond donors (Lipinski definition) is 1. The highest BCUT2D eigenvalue weighted by Crippen LogP contribution is 2.16. The lowest BCUT2D eigenvalue weighted by Gasteiger charge is -2.23. The Morgan fingerprint density at radius 1 is 1.45 bits per heavy atom. The molecule has 1 N–H and O–H groups in total. The molecule has 0 heterocycles. The van der Waals surface area contributed by atoms with Gasteiger partial charge >= 0.3 is 0 Å². The Bertz CT molecular complexity index is 487. The summed E-state index contributed by atoms with van der Waals surface area (Å²) in [5.41, 5.74) is -0.498. The summed E-state index contributed by atoms with van der Waals surface area (Å²) in [4.78, 5) is 12.0. The van der Waals surface area contributed by atoms with E-state index in [1.807, 2.05) is 0 Å². The summed E-state index contributed by atoms with van der Waals surface area (Å²) in [6.07, 6.45) is 1.60. The van der Waals surface area contributed by atoms with Crippen molar-refractivity contribution in [3.63, 3.8) is 0 Å². The minimum atomic E-state index is -0.737. The molecular weight excluding hydrogens is 264 g/mol. The number of halogens is 2.